The molecule has 0 bridgehead atoms. The highest BCUT2D eigenvalue weighted by Gasteiger charge is 2.05. The third kappa shape index (κ3) is 7.11. The molecule has 0 spiro atoms. The van der Waals surface area contributed by atoms with Crippen LogP contribution in [-0.4, -0.2) is 20.0 Å². The second kappa shape index (κ2) is 12.7. The van der Waals surface area contributed by atoms with Crippen molar-refractivity contribution in [3.05, 3.63) is 90.9 Å². The first-order valence-electron chi connectivity index (χ1n) is 12.3. The average molecular weight is 439 g/mol. The van der Waals surface area contributed by atoms with Crippen LogP contribution in [0.25, 0.3) is 22.4 Å². The van der Waals surface area contributed by atoms with Crippen molar-refractivity contribution in [3.63, 3.8) is 0 Å². The van der Waals surface area contributed by atoms with Crippen molar-refractivity contribution in [1.29, 1.82) is 0 Å². The van der Waals surface area contributed by atoms with E-state index < -0.39 is 0 Å². The molecule has 0 aliphatic heterocycles. The molecule has 4 rings (SSSR count). The highest BCUT2D eigenvalue weighted by molar-refractivity contribution is 5.67. The smallest absolute Gasteiger partial charge is 0.114 e. The van der Waals surface area contributed by atoms with Crippen LogP contribution in [0.1, 0.15) is 56.9 Å². The van der Waals surface area contributed by atoms with Crippen LogP contribution in [0.2, 0.25) is 0 Å². The van der Waals surface area contributed by atoms with Gasteiger partial charge in [-0.2, -0.15) is 0 Å². The number of hydrogen-bond acceptors (Lipinski definition) is 3. The van der Waals surface area contributed by atoms with E-state index in [0.29, 0.717) is 0 Å². The zero-order chi connectivity index (χ0) is 22.6. The molecule has 4 nitrogen and oxygen atoms in total. The van der Waals surface area contributed by atoms with E-state index in [1.165, 1.54) is 68.1 Å². The van der Waals surface area contributed by atoms with E-state index in [4.69, 9.17) is 0 Å². The van der Waals surface area contributed by atoms with E-state index in [1.807, 2.05) is 29.2 Å². The second-order valence-electron chi connectivity index (χ2n) is 8.71. The minimum absolute atomic E-state index is 0.898. The molecule has 0 saturated carbocycles. The van der Waals surface area contributed by atoms with Crippen LogP contribution in [0.3, 0.4) is 0 Å². The fraction of sp³-hybridized carbons (Fsp3) is 0.345. The molecule has 2 heterocycles. The van der Waals surface area contributed by atoms with Crippen molar-refractivity contribution in [2.75, 3.05) is 0 Å². The molecule has 170 valence electrons. The van der Waals surface area contributed by atoms with E-state index in [1.54, 1.807) is 6.20 Å². The predicted octanol–water partition coefficient (Wildman–Crippen LogP) is 7.37. The molecule has 0 fully saturated rings. The molecule has 0 N–H and O–H groups in total. The van der Waals surface area contributed by atoms with Gasteiger partial charge in [0.15, 0.2) is 0 Å². The Balaban J connectivity index is 1.06. The Morgan fingerprint density at radius 1 is 0.636 bits per heavy atom. The number of benzene rings is 2. The number of aromatic nitrogens is 4. The van der Waals surface area contributed by atoms with Gasteiger partial charge in [0.25, 0.3) is 0 Å². The Morgan fingerprint density at radius 3 is 2.12 bits per heavy atom. The molecule has 4 heteroatoms. The zero-order valence-electron chi connectivity index (χ0n) is 19.4. The Hall–Kier alpha value is -3.27. The van der Waals surface area contributed by atoms with Gasteiger partial charge in [0, 0.05) is 24.5 Å². The summed E-state index contributed by atoms with van der Waals surface area (Å²) in [6.45, 7) is 0.939. The molecule has 0 atom stereocenters. The lowest BCUT2D eigenvalue weighted by molar-refractivity contribution is 0.509. The summed E-state index contributed by atoms with van der Waals surface area (Å²) < 4.78 is 1.95. The van der Waals surface area contributed by atoms with Crippen LogP contribution in [0, 0.1) is 0 Å². The van der Waals surface area contributed by atoms with Gasteiger partial charge >= 0.3 is 0 Å². The first kappa shape index (κ1) is 22.9. The molecule has 0 aliphatic rings. The molecule has 0 aliphatic carbocycles. The summed E-state index contributed by atoms with van der Waals surface area (Å²) >= 11 is 0. The van der Waals surface area contributed by atoms with Gasteiger partial charge in [-0.15, -0.1) is 5.10 Å². The summed E-state index contributed by atoms with van der Waals surface area (Å²) in [6.07, 6.45) is 17.1. The number of hydrogen-bond donors (Lipinski definition) is 0. The Morgan fingerprint density at radius 2 is 1.33 bits per heavy atom. The fourth-order valence-electron chi connectivity index (χ4n) is 4.34. The van der Waals surface area contributed by atoms with Crippen molar-refractivity contribution in [1.82, 2.24) is 20.0 Å². The third-order valence-corrected chi connectivity index (χ3v) is 6.18. The normalized spacial score (nSPS) is 11.0. The van der Waals surface area contributed by atoms with Crippen LogP contribution in [0.5, 0.6) is 0 Å². The van der Waals surface area contributed by atoms with Crippen LogP contribution in [-0.2, 0) is 13.0 Å². The standard InChI is InChI=1S/C29H34N4/c1(2-4-6-13-22-33-24-29(31-32-33)27-19-14-21-30-23-27)3-5-8-15-26-18-11-12-20-28(26)25-16-9-7-10-17-25/h7,9-12,14,16-21,23-24H,1-6,8,13,15,22H2. The predicted molar refractivity (Wildman–Crippen MR) is 136 cm³/mol. The van der Waals surface area contributed by atoms with E-state index >= 15 is 0 Å². The lowest BCUT2D eigenvalue weighted by Crippen LogP contribution is -1.98. The summed E-state index contributed by atoms with van der Waals surface area (Å²) in [5.41, 5.74) is 6.11. The first-order chi connectivity index (χ1) is 16.4. The van der Waals surface area contributed by atoms with E-state index in [0.717, 1.165) is 24.2 Å². The Bertz CT molecular complexity index is 1070. The Kier molecular flexibility index (Phi) is 8.81. The largest absolute Gasteiger partial charge is 0.264 e. The minimum atomic E-state index is 0.898. The summed E-state index contributed by atoms with van der Waals surface area (Å²) in [7, 11) is 0. The number of unbranched alkanes of at least 4 members (excludes halogenated alkanes) is 7. The van der Waals surface area contributed by atoms with E-state index in [2.05, 4.69) is 69.9 Å². The summed E-state index contributed by atoms with van der Waals surface area (Å²) in [6, 6.07) is 23.6. The van der Waals surface area contributed by atoms with Crippen LogP contribution < -0.4 is 0 Å². The van der Waals surface area contributed by atoms with Gasteiger partial charge in [-0.25, -0.2) is 0 Å². The van der Waals surface area contributed by atoms with Crippen molar-refractivity contribution in [2.45, 2.75) is 64.3 Å². The van der Waals surface area contributed by atoms with Crippen molar-refractivity contribution in [2.24, 2.45) is 0 Å². The molecular formula is C29H34N4. The number of aryl methyl sites for hydroxylation is 2. The maximum Gasteiger partial charge on any atom is 0.114 e. The van der Waals surface area contributed by atoms with Crippen molar-refractivity contribution < 1.29 is 0 Å². The van der Waals surface area contributed by atoms with E-state index in [9.17, 15) is 0 Å². The molecule has 33 heavy (non-hydrogen) atoms. The van der Waals surface area contributed by atoms with Crippen molar-refractivity contribution in [3.8, 4) is 22.4 Å². The number of pyridine rings is 1. The number of nitrogens with zero attached hydrogens (tertiary/aromatic N) is 4. The molecule has 0 amide bonds. The highest BCUT2D eigenvalue weighted by Crippen LogP contribution is 2.25. The summed E-state index contributed by atoms with van der Waals surface area (Å²) in [4.78, 5) is 4.15. The lowest BCUT2D eigenvalue weighted by atomic mass is 9.95. The van der Waals surface area contributed by atoms with Crippen LogP contribution >= 0.6 is 0 Å². The second-order valence-corrected chi connectivity index (χ2v) is 8.71. The molecule has 0 unspecified atom stereocenters. The Labute approximate surface area is 197 Å². The molecule has 0 radical (unpaired) electrons. The van der Waals surface area contributed by atoms with Crippen LogP contribution in [0.15, 0.2) is 85.3 Å². The lowest BCUT2D eigenvalue weighted by Gasteiger charge is -2.10. The van der Waals surface area contributed by atoms with Gasteiger partial charge in [-0.05, 0) is 48.1 Å². The minimum Gasteiger partial charge on any atom is -0.264 e. The van der Waals surface area contributed by atoms with Gasteiger partial charge in [0.05, 0.1) is 6.20 Å². The molecule has 0 saturated heterocycles. The molecule has 4 aromatic rings. The fourth-order valence-corrected chi connectivity index (χ4v) is 4.34. The maximum atomic E-state index is 4.26. The topological polar surface area (TPSA) is 43.6 Å². The van der Waals surface area contributed by atoms with Crippen molar-refractivity contribution >= 4 is 0 Å². The van der Waals surface area contributed by atoms with E-state index in [-0.39, 0.29) is 0 Å². The SMILES string of the molecule is c1ccc(-c2ccccc2CCCCCCCCCCn2cc(-c3cccnc3)nn2)cc1. The van der Waals surface area contributed by atoms with Crippen LogP contribution in [0.4, 0.5) is 0 Å². The first-order valence-corrected chi connectivity index (χ1v) is 12.3. The summed E-state index contributed by atoms with van der Waals surface area (Å²) in [5.74, 6) is 0. The van der Waals surface area contributed by atoms with Gasteiger partial charge in [-0.3, -0.25) is 9.67 Å². The van der Waals surface area contributed by atoms with Gasteiger partial charge in [0.2, 0.25) is 0 Å². The molecule has 2 aromatic carbocycles. The average Bonchev–Trinajstić information content (AvgIpc) is 3.35. The summed E-state index contributed by atoms with van der Waals surface area (Å²) in [5, 5.41) is 8.51. The number of rotatable bonds is 13. The van der Waals surface area contributed by atoms with Gasteiger partial charge in [-0.1, -0.05) is 98.3 Å². The zero-order valence-corrected chi connectivity index (χ0v) is 19.4. The monoisotopic (exact) mass is 438 g/mol. The van der Waals surface area contributed by atoms with Gasteiger partial charge in [0.1, 0.15) is 5.69 Å². The third-order valence-electron chi connectivity index (χ3n) is 6.18. The molecule has 2 aromatic heterocycles. The van der Waals surface area contributed by atoms with Gasteiger partial charge < -0.3 is 0 Å². The highest BCUT2D eigenvalue weighted by atomic mass is 15.4. The maximum absolute atomic E-state index is 4.26. The molecular weight excluding hydrogens is 404 g/mol. The quantitative estimate of drug-likeness (QED) is 0.205.